The number of fused-ring (bicyclic) bond motifs is 2. The maximum Gasteiger partial charge on any atom is 0.222 e. The molecular formula is C17H30N2O2. The average Bonchev–Trinajstić information content (AvgIpc) is 3.11. The fourth-order valence-electron chi connectivity index (χ4n) is 4.62. The zero-order valence-corrected chi connectivity index (χ0v) is 13.3. The lowest BCUT2D eigenvalue weighted by atomic mass is 9.84. The summed E-state index contributed by atoms with van der Waals surface area (Å²) >= 11 is 0. The highest BCUT2D eigenvalue weighted by Crippen LogP contribution is 2.49. The third kappa shape index (κ3) is 3.98. The first-order valence-corrected chi connectivity index (χ1v) is 8.84. The minimum absolute atomic E-state index is 0.166. The first kappa shape index (κ1) is 15.3. The van der Waals surface area contributed by atoms with Crippen LogP contribution in [0.15, 0.2) is 0 Å². The van der Waals surface area contributed by atoms with Gasteiger partial charge in [0.25, 0.3) is 0 Å². The predicted octanol–water partition coefficient (Wildman–Crippen LogP) is 2.09. The summed E-state index contributed by atoms with van der Waals surface area (Å²) in [7, 11) is 0. The Bertz CT molecular complexity index is 355. The van der Waals surface area contributed by atoms with Crippen LogP contribution >= 0.6 is 0 Å². The molecule has 2 aliphatic carbocycles. The van der Waals surface area contributed by atoms with Gasteiger partial charge in [-0.05, 0) is 69.9 Å². The molecule has 3 aliphatic rings. The van der Waals surface area contributed by atoms with Crippen molar-refractivity contribution in [2.24, 2.45) is 17.8 Å². The van der Waals surface area contributed by atoms with E-state index in [0.717, 1.165) is 43.7 Å². The maximum absolute atomic E-state index is 12.1. The van der Waals surface area contributed by atoms with Crippen LogP contribution in [0.3, 0.4) is 0 Å². The van der Waals surface area contributed by atoms with E-state index in [2.05, 4.69) is 17.6 Å². The van der Waals surface area contributed by atoms with E-state index in [1.54, 1.807) is 0 Å². The summed E-state index contributed by atoms with van der Waals surface area (Å²) in [5.74, 6) is 2.70. The van der Waals surface area contributed by atoms with Crippen LogP contribution in [0.25, 0.3) is 0 Å². The number of carbonyl (C=O) groups is 1. The first-order valence-electron chi connectivity index (χ1n) is 8.84. The summed E-state index contributed by atoms with van der Waals surface area (Å²) in [5, 5.41) is 6.54. The fourth-order valence-corrected chi connectivity index (χ4v) is 4.62. The molecule has 0 aromatic carbocycles. The molecule has 1 amide bonds. The van der Waals surface area contributed by atoms with Gasteiger partial charge in [-0.1, -0.05) is 6.42 Å². The van der Waals surface area contributed by atoms with Crippen molar-refractivity contribution in [1.29, 1.82) is 0 Å². The van der Waals surface area contributed by atoms with Crippen molar-refractivity contribution in [2.45, 2.75) is 64.0 Å². The van der Waals surface area contributed by atoms with E-state index in [1.165, 1.54) is 25.7 Å². The van der Waals surface area contributed by atoms with Gasteiger partial charge in [0.2, 0.25) is 5.91 Å². The van der Waals surface area contributed by atoms with Crippen LogP contribution in [0.5, 0.6) is 0 Å². The Balaban J connectivity index is 1.32. The van der Waals surface area contributed by atoms with Crippen LogP contribution in [-0.2, 0) is 9.53 Å². The van der Waals surface area contributed by atoms with Crippen molar-refractivity contribution >= 4 is 5.91 Å². The minimum Gasteiger partial charge on any atom is -0.378 e. The van der Waals surface area contributed by atoms with Gasteiger partial charge in [-0.15, -0.1) is 0 Å². The molecule has 0 aromatic heterocycles. The second-order valence-electron chi connectivity index (χ2n) is 7.27. The first-order chi connectivity index (χ1) is 10.2. The second kappa shape index (κ2) is 7.10. The van der Waals surface area contributed by atoms with Gasteiger partial charge in [-0.25, -0.2) is 0 Å². The number of hydrogen-bond acceptors (Lipinski definition) is 3. The van der Waals surface area contributed by atoms with Gasteiger partial charge in [-0.2, -0.15) is 0 Å². The number of amides is 1. The van der Waals surface area contributed by atoms with Crippen LogP contribution < -0.4 is 10.6 Å². The lowest BCUT2D eigenvalue weighted by Gasteiger charge is -2.28. The quantitative estimate of drug-likeness (QED) is 0.788. The molecule has 120 valence electrons. The Morgan fingerprint density at radius 2 is 2.05 bits per heavy atom. The van der Waals surface area contributed by atoms with E-state index in [9.17, 15) is 4.79 Å². The monoisotopic (exact) mass is 294 g/mol. The highest BCUT2D eigenvalue weighted by atomic mass is 16.5. The molecule has 3 fully saturated rings. The van der Waals surface area contributed by atoms with Gasteiger partial charge in [0.15, 0.2) is 0 Å². The summed E-state index contributed by atoms with van der Waals surface area (Å²) in [5.41, 5.74) is 0. The third-order valence-corrected chi connectivity index (χ3v) is 5.79. The summed E-state index contributed by atoms with van der Waals surface area (Å²) in [6, 6.07) is 0.340. The molecule has 2 bridgehead atoms. The normalized spacial score (nSPS) is 34.0. The second-order valence-corrected chi connectivity index (χ2v) is 7.27. The molecule has 1 saturated heterocycles. The molecular weight excluding hydrogens is 264 g/mol. The largest absolute Gasteiger partial charge is 0.378 e. The average molecular weight is 294 g/mol. The Morgan fingerprint density at radius 1 is 1.24 bits per heavy atom. The molecule has 0 spiro atoms. The summed E-state index contributed by atoms with van der Waals surface area (Å²) in [4.78, 5) is 12.1. The molecule has 3 rings (SSSR count). The fraction of sp³-hybridized carbons (Fsp3) is 0.941. The maximum atomic E-state index is 12.1. The number of hydrogen-bond donors (Lipinski definition) is 2. The highest BCUT2D eigenvalue weighted by Gasteiger charge is 2.42. The van der Waals surface area contributed by atoms with E-state index in [1.807, 2.05) is 0 Å². The number of rotatable bonds is 6. The topological polar surface area (TPSA) is 50.4 Å². The van der Waals surface area contributed by atoms with E-state index in [-0.39, 0.29) is 5.91 Å². The van der Waals surface area contributed by atoms with E-state index >= 15 is 0 Å². The predicted molar refractivity (Wildman–Crippen MR) is 83.0 cm³/mol. The molecule has 1 heterocycles. The molecule has 2 N–H and O–H groups in total. The van der Waals surface area contributed by atoms with E-state index < -0.39 is 0 Å². The molecule has 0 aromatic rings. The molecule has 1 aliphatic heterocycles. The van der Waals surface area contributed by atoms with Gasteiger partial charge >= 0.3 is 0 Å². The molecule has 21 heavy (non-hydrogen) atoms. The van der Waals surface area contributed by atoms with E-state index in [0.29, 0.717) is 25.2 Å². The van der Waals surface area contributed by atoms with Crippen molar-refractivity contribution in [3.05, 3.63) is 0 Å². The zero-order chi connectivity index (χ0) is 14.7. The number of carbonyl (C=O) groups excluding carboxylic acids is 1. The molecule has 2 saturated carbocycles. The van der Waals surface area contributed by atoms with Crippen LogP contribution in [0.2, 0.25) is 0 Å². The molecule has 4 heteroatoms. The van der Waals surface area contributed by atoms with E-state index in [4.69, 9.17) is 4.74 Å². The Labute approximate surface area is 128 Å². The van der Waals surface area contributed by atoms with Crippen molar-refractivity contribution in [3.8, 4) is 0 Å². The number of ether oxygens (including phenoxy) is 1. The van der Waals surface area contributed by atoms with Gasteiger partial charge in [0, 0.05) is 12.5 Å². The molecule has 0 radical (unpaired) electrons. The molecule has 4 unspecified atom stereocenters. The van der Waals surface area contributed by atoms with Crippen LogP contribution in [0.1, 0.15) is 51.9 Å². The smallest absolute Gasteiger partial charge is 0.222 e. The lowest BCUT2D eigenvalue weighted by Crippen LogP contribution is -2.40. The van der Waals surface area contributed by atoms with Crippen LogP contribution in [0.4, 0.5) is 0 Å². The SMILES string of the molecule is CC(NC(=O)CCOC1CCNCC1)C1CC2CCC1C2. The molecule has 4 atom stereocenters. The van der Waals surface area contributed by atoms with Crippen LogP contribution in [0, 0.1) is 17.8 Å². The standard InChI is InChI=1S/C17H30N2O2/c1-12(16-11-13-2-3-14(16)10-13)19-17(20)6-9-21-15-4-7-18-8-5-15/h12-16,18H,2-11H2,1H3,(H,19,20). The summed E-state index contributed by atoms with van der Waals surface area (Å²) in [6.45, 7) is 4.84. The summed E-state index contributed by atoms with van der Waals surface area (Å²) < 4.78 is 5.81. The lowest BCUT2D eigenvalue weighted by molar-refractivity contribution is -0.123. The molecule has 4 nitrogen and oxygen atoms in total. The van der Waals surface area contributed by atoms with Crippen molar-refractivity contribution in [3.63, 3.8) is 0 Å². The number of piperidine rings is 1. The van der Waals surface area contributed by atoms with Gasteiger partial charge < -0.3 is 15.4 Å². The zero-order valence-electron chi connectivity index (χ0n) is 13.3. The van der Waals surface area contributed by atoms with Gasteiger partial charge in [0.05, 0.1) is 12.7 Å². The Morgan fingerprint density at radius 3 is 2.71 bits per heavy atom. The minimum atomic E-state index is 0.166. The van der Waals surface area contributed by atoms with Gasteiger partial charge in [-0.3, -0.25) is 4.79 Å². The number of nitrogens with one attached hydrogen (secondary N) is 2. The van der Waals surface area contributed by atoms with Crippen molar-refractivity contribution in [1.82, 2.24) is 10.6 Å². The van der Waals surface area contributed by atoms with Gasteiger partial charge in [0.1, 0.15) is 0 Å². The highest BCUT2D eigenvalue weighted by molar-refractivity contribution is 5.76. The van der Waals surface area contributed by atoms with Crippen molar-refractivity contribution < 1.29 is 9.53 Å². The van der Waals surface area contributed by atoms with Crippen LogP contribution in [-0.4, -0.2) is 37.7 Å². The van der Waals surface area contributed by atoms with Crippen molar-refractivity contribution in [2.75, 3.05) is 19.7 Å². The Hall–Kier alpha value is -0.610. The summed E-state index contributed by atoms with van der Waals surface area (Å²) in [6.07, 6.45) is 8.55. The third-order valence-electron chi connectivity index (χ3n) is 5.79. The Kier molecular flexibility index (Phi) is 5.17.